The Bertz CT molecular complexity index is 317. The molecule has 0 radical (unpaired) electrons. The highest BCUT2D eigenvalue weighted by Crippen LogP contribution is 2.10. The van der Waals surface area contributed by atoms with E-state index in [9.17, 15) is 4.79 Å². The predicted molar refractivity (Wildman–Crippen MR) is 67.7 cm³/mol. The molecule has 0 aliphatic heterocycles. The molecule has 0 amide bonds. The molecule has 0 unspecified atom stereocenters. The third-order valence-electron chi connectivity index (χ3n) is 2.93. The first kappa shape index (κ1) is 12.9. The van der Waals surface area contributed by atoms with Crippen molar-refractivity contribution in [2.45, 2.75) is 20.8 Å². The summed E-state index contributed by atoms with van der Waals surface area (Å²) in [5, 5.41) is 0. The van der Waals surface area contributed by atoms with Crippen molar-refractivity contribution in [1.82, 2.24) is 4.90 Å². The first-order chi connectivity index (χ1) is 7.69. The summed E-state index contributed by atoms with van der Waals surface area (Å²) in [7, 11) is 0. The van der Waals surface area contributed by atoms with Crippen LogP contribution in [0.15, 0.2) is 30.3 Å². The van der Waals surface area contributed by atoms with Gasteiger partial charge in [0.1, 0.15) is 0 Å². The minimum atomic E-state index is 0.0716. The third-order valence-corrected chi connectivity index (χ3v) is 2.93. The average molecular weight is 219 g/mol. The summed E-state index contributed by atoms with van der Waals surface area (Å²) in [5.74, 6) is 0.315. The molecule has 16 heavy (non-hydrogen) atoms. The fourth-order valence-corrected chi connectivity index (χ4v) is 1.84. The van der Waals surface area contributed by atoms with Gasteiger partial charge in [0.2, 0.25) is 0 Å². The van der Waals surface area contributed by atoms with E-state index in [1.54, 1.807) is 0 Å². The highest BCUT2D eigenvalue weighted by molar-refractivity contribution is 5.97. The van der Waals surface area contributed by atoms with E-state index >= 15 is 0 Å². The van der Waals surface area contributed by atoms with Gasteiger partial charge in [-0.1, -0.05) is 51.1 Å². The van der Waals surface area contributed by atoms with Crippen molar-refractivity contribution in [3.05, 3.63) is 35.9 Å². The van der Waals surface area contributed by atoms with Crippen LogP contribution in [0.1, 0.15) is 31.1 Å². The lowest BCUT2D eigenvalue weighted by atomic mass is 9.99. The van der Waals surface area contributed by atoms with Gasteiger partial charge in [-0.05, 0) is 13.1 Å². The summed E-state index contributed by atoms with van der Waals surface area (Å²) in [6, 6.07) is 9.54. The Morgan fingerprint density at radius 3 is 2.25 bits per heavy atom. The first-order valence-electron chi connectivity index (χ1n) is 6.00. The van der Waals surface area contributed by atoms with Crippen LogP contribution < -0.4 is 0 Å². The molecule has 0 N–H and O–H groups in total. The van der Waals surface area contributed by atoms with Gasteiger partial charge in [-0.25, -0.2) is 0 Å². The molecule has 0 aromatic heterocycles. The minimum absolute atomic E-state index is 0.0716. The summed E-state index contributed by atoms with van der Waals surface area (Å²) in [6.45, 7) is 9.12. The lowest BCUT2D eigenvalue weighted by Gasteiger charge is -2.21. The minimum Gasteiger partial charge on any atom is -0.303 e. The zero-order valence-corrected chi connectivity index (χ0v) is 10.4. The van der Waals surface area contributed by atoms with Crippen LogP contribution >= 0.6 is 0 Å². The lowest BCUT2D eigenvalue weighted by Crippen LogP contribution is -2.31. The number of benzene rings is 1. The lowest BCUT2D eigenvalue weighted by molar-refractivity contribution is 0.0898. The smallest absolute Gasteiger partial charge is 0.166 e. The Labute approximate surface area is 98.3 Å². The summed E-state index contributed by atoms with van der Waals surface area (Å²) in [6.07, 6.45) is 0. The molecule has 2 nitrogen and oxygen atoms in total. The van der Waals surface area contributed by atoms with E-state index in [0.717, 1.165) is 25.2 Å². The number of hydrogen-bond acceptors (Lipinski definition) is 2. The van der Waals surface area contributed by atoms with Crippen LogP contribution in [0.25, 0.3) is 0 Å². The van der Waals surface area contributed by atoms with Gasteiger partial charge in [0.05, 0.1) is 0 Å². The van der Waals surface area contributed by atoms with Crippen molar-refractivity contribution in [2.24, 2.45) is 5.92 Å². The molecular formula is C14H21NO. The second-order valence-electron chi connectivity index (χ2n) is 4.12. The molecule has 0 spiro atoms. The number of carbonyl (C=O) groups excluding carboxylic acids is 1. The second kappa shape index (κ2) is 6.44. The molecule has 1 aromatic rings. The van der Waals surface area contributed by atoms with Crippen LogP contribution in [-0.2, 0) is 0 Å². The zero-order chi connectivity index (χ0) is 12.0. The average Bonchev–Trinajstić information content (AvgIpc) is 2.35. The van der Waals surface area contributed by atoms with Gasteiger partial charge >= 0.3 is 0 Å². The van der Waals surface area contributed by atoms with Crippen LogP contribution in [0.3, 0.4) is 0 Å². The molecule has 0 aliphatic carbocycles. The molecule has 0 bridgehead atoms. The topological polar surface area (TPSA) is 20.3 Å². The SMILES string of the molecule is CCN(CC)C[C@H](C)C(=O)c1ccccc1. The summed E-state index contributed by atoms with van der Waals surface area (Å²) < 4.78 is 0. The maximum absolute atomic E-state index is 12.1. The highest BCUT2D eigenvalue weighted by atomic mass is 16.1. The van der Waals surface area contributed by atoms with Gasteiger partial charge in [0.15, 0.2) is 5.78 Å². The van der Waals surface area contributed by atoms with Gasteiger partial charge < -0.3 is 4.90 Å². The number of Topliss-reactive ketones (excluding diaryl/α,β-unsaturated/α-hetero) is 1. The Kier molecular flexibility index (Phi) is 5.20. The summed E-state index contributed by atoms with van der Waals surface area (Å²) in [5.41, 5.74) is 0.821. The molecule has 88 valence electrons. The van der Waals surface area contributed by atoms with Crippen LogP contribution in [0.4, 0.5) is 0 Å². The van der Waals surface area contributed by atoms with E-state index in [4.69, 9.17) is 0 Å². The second-order valence-corrected chi connectivity index (χ2v) is 4.12. The van der Waals surface area contributed by atoms with E-state index in [-0.39, 0.29) is 11.7 Å². The molecule has 0 fully saturated rings. The molecule has 0 heterocycles. The monoisotopic (exact) mass is 219 g/mol. The zero-order valence-electron chi connectivity index (χ0n) is 10.4. The van der Waals surface area contributed by atoms with Crippen molar-refractivity contribution in [1.29, 1.82) is 0 Å². The Hall–Kier alpha value is -1.15. The van der Waals surface area contributed by atoms with Gasteiger partial charge in [-0.15, -0.1) is 0 Å². The van der Waals surface area contributed by atoms with Crippen LogP contribution in [-0.4, -0.2) is 30.3 Å². The van der Waals surface area contributed by atoms with E-state index in [2.05, 4.69) is 18.7 Å². The van der Waals surface area contributed by atoms with Gasteiger partial charge in [-0.2, -0.15) is 0 Å². The number of ketones is 1. The summed E-state index contributed by atoms with van der Waals surface area (Å²) >= 11 is 0. The molecule has 1 atom stereocenters. The predicted octanol–water partition coefficient (Wildman–Crippen LogP) is 2.85. The van der Waals surface area contributed by atoms with Gasteiger partial charge in [0, 0.05) is 18.0 Å². The van der Waals surface area contributed by atoms with Crippen LogP contribution in [0, 0.1) is 5.92 Å². The maximum atomic E-state index is 12.1. The van der Waals surface area contributed by atoms with Gasteiger partial charge in [-0.3, -0.25) is 4.79 Å². The molecule has 1 aromatic carbocycles. The van der Waals surface area contributed by atoms with Crippen molar-refractivity contribution in [3.63, 3.8) is 0 Å². The Balaban J connectivity index is 2.61. The number of hydrogen-bond donors (Lipinski definition) is 0. The third kappa shape index (κ3) is 3.46. The quantitative estimate of drug-likeness (QED) is 0.686. The van der Waals surface area contributed by atoms with E-state index in [1.807, 2.05) is 37.3 Å². The number of nitrogens with zero attached hydrogens (tertiary/aromatic N) is 1. The molecule has 2 heteroatoms. The van der Waals surface area contributed by atoms with Crippen molar-refractivity contribution in [2.75, 3.05) is 19.6 Å². The standard InChI is InChI=1S/C14H21NO/c1-4-15(5-2)11-12(3)14(16)13-9-7-6-8-10-13/h6-10,12H,4-5,11H2,1-3H3/t12-/m0/s1. The van der Waals surface area contributed by atoms with Crippen LogP contribution in [0.5, 0.6) is 0 Å². The normalized spacial score (nSPS) is 12.8. The van der Waals surface area contributed by atoms with Crippen LogP contribution in [0.2, 0.25) is 0 Å². The fourth-order valence-electron chi connectivity index (χ4n) is 1.84. The molecule has 0 saturated carbocycles. The maximum Gasteiger partial charge on any atom is 0.166 e. The molecular weight excluding hydrogens is 198 g/mol. The van der Waals surface area contributed by atoms with Gasteiger partial charge in [0.25, 0.3) is 0 Å². The van der Waals surface area contributed by atoms with Crippen molar-refractivity contribution >= 4 is 5.78 Å². The number of rotatable bonds is 6. The fraction of sp³-hybridized carbons (Fsp3) is 0.500. The Morgan fingerprint density at radius 1 is 1.19 bits per heavy atom. The van der Waals surface area contributed by atoms with E-state index in [0.29, 0.717) is 0 Å². The molecule has 0 saturated heterocycles. The van der Waals surface area contributed by atoms with Crippen molar-refractivity contribution in [3.8, 4) is 0 Å². The largest absolute Gasteiger partial charge is 0.303 e. The highest BCUT2D eigenvalue weighted by Gasteiger charge is 2.16. The van der Waals surface area contributed by atoms with E-state index < -0.39 is 0 Å². The van der Waals surface area contributed by atoms with Crippen molar-refractivity contribution < 1.29 is 4.79 Å². The first-order valence-corrected chi connectivity index (χ1v) is 6.00. The molecule has 1 rings (SSSR count). The Morgan fingerprint density at radius 2 is 1.75 bits per heavy atom. The van der Waals surface area contributed by atoms with E-state index in [1.165, 1.54) is 0 Å². The molecule has 0 aliphatic rings. The summed E-state index contributed by atoms with van der Waals surface area (Å²) in [4.78, 5) is 14.4. The number of carbonyl (C=O) groups is 1.